The van der Waals surface area contributed by atoms with E-state index in [9.17, 15) is 14.4 Å². The maximum atomic E-state index is 12.5. The minimum atomic E-state index is -0.631. The summed E-state index contributed by atoms with van der Waals surface area (Å²) in [7, 11) is 0. The van der Waals surface area contributed by atoms with Crippen molar-refractivity contribution in [2.45, 2.75) is 0 Å². The van der Waals surface area contributed by atoms with E-state index >= 15 is 0 Å². The molecule has 0 fully saturated rings. The maximum absolute atomic E-state index is 12.5. The number of aromatic nitrogens is 4. The molecule has 0 saturated carbocycles. The van der Waals surface area contributed by atoms with Gasteiger partial charge in [-0.3, -0.25) is 29.4 Å². The lowest BCUT2D eigenvalue weighted by molar-refractivity contribution is 0.0880. The number of pyridine rings is 1. The second kappa shape index (κ2) is 6.02. The Bertz CT molecular complexity index is 1330. The van der Waals surface area contributed by atoms with Gasteiger partial charge in [0, 0.05) is 11.6 Å². The normalized spacial score (nSPS) is 12.8. The highest BCUT2D eigenvalue weighted by atomic mass is 16.3. The molecular weight excluding hydrogens is 376 g/mol. The highest BCUT2D eigenvalue weighted by Crippen LogP contribution is 2.25. The molecule has 3 aromatic heterocycles. The molecule has 1 aromatic carbocycles. The van der Waals surface area contributed by atoms with Gasteiger partial charge in [-0.15, -0.1) is 0 Å². The fourth-order valence-corrected chi connectivity index (χ4v) is 3.22. The summed E-state index contributed by atoms with van der Waals surface area (Å²) in [4.78, 5) is 40.6. The third-order valence-corrected chi connectivity index (χ3v) is 4.58. The van der Waals surface area contributed by atoms with Gasteiger partial charge >= 0.3 is 0 Å². The number of H-pyrrole nitrogens is 1. The van der Waals surface area contributed by atoms with Crippen LogP contribution in [0.1, 0.15) is 20.7 Å². The van der Waals surface area contributed by atoms with Gasteiger partial charge in [-0.25, -0.2) is 4.98 Å². The number of imide groups is 1. The molecule has 10 nitrogen and oxygen atoms in total. The largest absolute Gasteiger partial charge is 0.461 e. The number of nitrogens with two attached hydrogens (primary N) is 1. The Kier molecular flexibility index (Phi) is 3.47. The van der Waals surface area contributed by atoms with Crippen LogP contribution in [-0.2, 0) is 0 Å². The standard InChI is InChI=1S/C19H12N6O4/c20-15-14-11(18(27)22-19(14)28)8-13(26)25(15)10-5-3-9(4-6-10)16-21-17(24-23-16)12-2-1-7-29-12/h1-8H,20H2,(H,21,23,24)(H,22,27,28). The molecule has 2 amide bonds. The van der Waals surface area contributed by atoms with E-state index in [1.54, 1.807) is 42.7 Å². The van der Waals surface area contributed by atoms with Crippen molar-refractivity contribution in [1.82, 2.24) is 25.1 Å². The van der Waals surface area contributed by atoms with Crippen molar-refractivity contribution in [3.8, 4) is 28.7 Å². The molecule has 142 valence electrons. The number of aromatic amines is 1. The first-order chi connectivity index (χ1) is 14.0. The Morgan fingerprint density at radius 2 is 1.83 bits per heavy atom. The highest BCUT2D eigenvalue weighted by molar-refractivity contribution is 6.23. The number of benzene rings is 1. The fraction of sp³-hybridized carbons (Fsp3) is 0. The van der Waals surface area contributed by atoms with Gasteiger partial charge in [0.05, 0.1) is 23.1 Å². The van der Waals surface area contributed by atoms with Crippen molar-refractivity contribution in [2.75, 3.05) is 5.73 Å². The molecule has 10 heteroatoms. The van der Waals surface area contributed by atoms with Crippen molar-refractivity contribution in [3.63, 3.8) is 0 Å². The van der Waals surface area contributed by atoms with Gasteiger partial charge in [0.1, 0.15) is 5.82 Å². The van der Waals surface area contributed by atoms with Crippen LogP contribution in [0.15, 0.2) is 57.9 Å². The maximum Gasteiger partial charge on any atom is 0.262 e. The average molecular weight is 388 g/mol. The molecule has 29 heavy (non-hydrogen) atoms. The lowest BCUT2D eigenvalue weighted by Crippen LogP contribution is -2.24. The number of anilines is 1. The topological polar surface area (TPSA) is 149 Å². The molecule has 0 radical (unpaired) electrons. The molecule has 4 heterocycles. The molecule has 1 aliphatic rings. The SMILES string of the molecule is Nc1c2c(cc(=O)n1-c1ccc(-c3n[nH]c(-c4ccco4)n3)cc1)C(=O)NC2=O. The Labute approximate surface area is 162 Å². The second-order valence-corrected chi connectivity index (χ2v) is 6.31. The van der Waals surface area contributed by atoms with Crippen LogP contribution >= 0.6 is 0 Å². The van der Waals surface area contributed by atoms with E-state index < -0.39 is 17.4 Å². The Hall–Kier alpha value is -4.47. The lowest BCUT2D eigenvalue weighted by Gasteiger charge is -2.12. The van der Waals surface area contributed by atoms with Gasteiger partial charge in [-0.05, 0) is 36.4 Å². The van der Waals surface area contributed by atoms with E-state index in [-0.39, 0.29) is 16.9 Å². The van der Waals surface area contributed by atoms with Crippen molar-refractivity contribution < 1.29 is 14.0 Å². The van der Waals surface area contributed by atoms with Crippen LogP contribution in [0.2, 0.25) is 0 Å². The number of hydrogen-bond donors (Lipinski definition) is 3. The van der Waals surface area contributed by atoms with Crippen molar-refractivity contribution >= 4 is 17.6 Å². The number of hydrogen-bond acceptors (Lipinski definition) is 7. The number of nitrogens with zero attached hydrogens (tertiary/aromatic N) is 3. The molecular formula is C19H12N6O4. The van der Waals surface area contributed by atoms with E-state index in [4.69, 9.17) is 10.2 Å². The first-order valence-corrected chi connectivity index (χ1v) is 8.51. The molecule has 0 atom stereocenters. The zero-order chi connectivity index (χ0) is 20.1. The van der Waals surface area contributed by atoms with Crippen LogP contribution in [-0.4, -0.2) is 31.6 Å². The van der Waals surface area contributed by atoms with Crippen LogP contribution in [0.5, 0.6) is 0 Å². The van der Waals surface area contributed by atoms with Crippen LogP contribution in [0.25, 0.3) is 28.7 Å². The van der Waals surface area contributed by atoms with Crippen LogP contribution < -0.4 is 16.6 Å². The molecule has 0 bridgehead atoms. The predicted octanol–water partition coefficient (Wildman–Crippen LogP) is 1.35. The molecule has 4 aromatic rings. The summed E-state index contributed by atoms with van der Waals surface area (Å²) in [5, 5.41) is 9.10. The highest BCUT2D eigenvalue weighted by Gasteiger charge is 2.31. The molecule has 0 saturated heterocycles. The summed E-state index contributed by atoms with van der Waals surface area (Å²) in [6, 6.07) is 11.3. The van der Waals surface area contributed by atoms with E-state index in [0.29, 0.717) is 28.7 Å². The van der Waals surface area contributed by atoms with Crippen LogP contribution in [0, 0.1) is 0 Å². The van der Waals surface area contributed by atoms with E-state index in [0.717, 1.165) is 6.07 Å². The number of furan rings is 1. The summed E-state index contributed by atoms with van der Waals surface area (Å²) >= 11 is 0. The Balaban J connectivity index is 1.54. The Morgan fingerprint density at radius 3 is 2.55 bits per heavy atom. The van der Waals surface area contributed by atoms with Gasteiger partial charge < -0.3 is 10.2 Å². The minimum Gasteiger partial charge on any atom is -0.461 e. The quantitative estimate of drug-likeness (QED) is 0.448. The number of carbonyl (C=O) groups excluding carboxylic acids is 2. The van der Waals surface area contributed by atoms with Crippen molar-refractivity contribution in [2.24, 2.45) is 0 Å². The number of carbonyl (C=O) groups is 2. The molecule has 4 N–H and O–H groups in total. The third-order valence-electron chi connectivity index (χ3n) is 4.58. The van der Waals surface area contributed by atoms with Crippen molar-refractivity contribution in [3.05, 3.63) is 70.2 Å². The molecule has 0 unspecified atom stereocenters. The van der Waals surface area contributed by atoms with Gasteiger partial charge in [-0.1, -0.05) is 0 Å². The number of rotatable bonds is 3. The fourth-order valence-electron chi connectivity index (χ4n) is 3.22. The number of amides is 2. The monoisotopic (exact) mass is 388 g/mol. The van der Waals surface area contributed by atoms with Gasteiger partial charge in [0.2, 0.25) is 0 Å². The van der Waals surface area contributed by atoms with Gasteiger partial charge in [-0.2, -0.15) is 5.10 Å². The smallest absolute Gasteiger partial charge is 0.262 e. The third kappa shape index (κ3) is 2.54. The van der Waals surface area contributed by atoms with Crippen LogP contribution in [0.3, 0.4) is 0 Å². The molecule has 0 spiro atoms. The predicted molar refractivity (Wildman–Crippen MR) is 101 cm³/mol. The van der Waals surface area contributed by atoms with Gasteiger partial charge in [0.25, 0.3) is 17.4 Å². The zero-order valence-corrected chi connectivity index (χ0v) is 14.7. The number of nitrogens with one attached hydrogen (secondary N) is 2. The first kappa shape index (κ1) is 16.7. The lowest BCUT2D eigenvalue weighted by atomic mass is 10.1. The summed E-state index contributed by atoms with van der Waals surface area (Å²) in [6.45, 7) is 0. The summed E-state index contributed by atoms with van der Waals surface area (Å²) in [5.41, 5.74) is 6.63. The zero-order valence-electron chi connectivity index (χ0n) is 14.7. The van der Waals surface area contributed by atoms with E-state index in [1.807, 2.05) is 0 Å². The minimum absolute atomic E-state index is 0.00395. The number of nitrogen functional groups attached to an aromatic ring is 1. The van der Waals surface area contributed by atoms with E-state index in [1.165, 1.54) is 4.57 Å². The summed E-state index contributed by atoms with van der Waals surface area (Å²) in [6.07, 6.45) is 1.54. The molecule has 1 aliphatic heterocycles. The number of fused-ring (bicyclic) bond motifs is 1. The molecule has 0 aliphatic carbocycles. The summed E-state index contributed by atoms with van der Waals surface area (Å²) in [5.74, 6) is 0.144. The summed E-state index contributed by atoms with van der Waals surface area (Å²) < 4.78 is 6.46. The van der Waals surface area contributed by atoms with Crippen LogP contribution in [0.4, 0.5) is 5.82 Å². The Morgan fingerprint density at radius 1 is 1.03 bits per heavy atom. The second-order valence-electron chi connectivity index (χ2n) is 6.31. The average Bonchev–Trinajstić information content (AvgIpc) is 3.43. The van der Waals surface area contributed by atoms with Crippen molar-refractivity contribution in [1.29, 1.82) is 0 Å². The van der Waals surface area contributed by atoms with E-state index in [2.05, 4.69) is 20.5 Å². The van der Waals surface area contributed by atoms with Gasteiger partial charge in [0.15, 0.2) is 17.4 Å². The first-order valence-electron chi connectivity index (χ1n) is 8.51. The molecule has 5 rings (SSSR count).